The molecule has 0 aliphatic heterocycles. The van der Waals surface area contributed by atoms with Crippen molar-refractivity contribution in [3.05, 3.63) is 54.7 Å². The van der Waals surface area contributed by atoms with Crippen molar-refractivity contribution in [3.63, 3.8) is 0 Å². The summed E-state index contributed by atoms with van der Waals surface area (Å²) in [6.07, 6.45) is 9.09. The molecule has 0 bridgehead atoms. The second-order valence-electron chi connectivity index (χ2n) is 6.37. The van der Waals surface area contributed by atoms with E-state index in [0.717, 1.165) is 22.3 Å². The van der Waals surface area contributed by atoms with Crippen LogP contribution in [0.5, 0.6) is 0 Å². The minimum atomic E-state index is 0.515. The zero-order chi connectivity index (χ0) is 18.9. The predicted molar refractivity (Wildman–Crippen MR) is 101 cm³/mol. The molecule has 0 saturated carbocycles. The van der Waals surface area contributed by atoms with E-state index in [1.807, 2.05) is 33.7 Å². The molecule has 10 nitrogen and oxygen atoms in total. The molecular weight excluding hydrogens is 358 g/mol. The number of hydrogen-bond donors (Lipinski definition) is 0. The van der Waals surface area contributed by atoms with E-state index in [4.69, 9.17) is 9.72 Å². The Morgan fingerprint density at radius 1 is 1.14 bits per heavy atom. The van der Waals surface area contributed by atoms with E-state index in [1.54, 1.807) is 30.4 Å². The van der Waals surface area contributed by atoms with Crippen LogP contribution < -0.4 is 0 Å². The van der Waals surface area contributed by atoms with Crippen molar-refractivity contribution in [1.82, 2.24) is 44.4 Å². The van der Waals surface area contributed by atoms with Crippen LogP contribution in [0.4, 0.5) is 0 Å². The molecule has 0 aliphatic carbocycles. The maximum Gasteiger partial charge on any atom is 0.221 e. The molecule has 5 heterocycles. The van der Waals surface area contributed by atoms with Gasteiger partial charge in [0, 0.05) is 31.3 Å². The average Bonchev–Trinajstić information content (AvgIpc) is 3.46. The lowest BCUT2D eigenvalue weighted by atomic mass is 10.2. The number of aromatic nitrogens is 9. The van der Waals surface area contributed by atoms with E-state index in [1.165, 1.54) is 0 Å². The van der Waals surface area contributed by atoms with E-state index < -0.39 is 0 Å². The van der Waals surface area contributed by atoms with Crippen LogP contribution in [0, 0.1) is 0 Å². The molecule has 0 radical (unpaired) electrons. The Morgan fingerprint density at radius 3 is 3.04 bits per heavy atom. The van der Waals surface area contributed by atoms with Gasteiger partial charge < -0.3 is 4.74 Å². The fourth-order valence-corrected chi connectivity index (χ4v) is 3.04. The number of pyridine rings is 1. The minimum absolute atomic E-state index is 0.515. The summed E-state index contributed by atoms with van der Waals surface area (Å²) in [5, 5.41) is 16.9. The standard InChI is InChI=1S/C18H17N9O/c1-28-7-6-25-12-14(9-21-25)16-10-19-17-18(22-16)27(24-23-17)11-13-3-5-26-15(8-13)2-4-20-26/h2-5,8-10,12H,6-7,11H2,1H3. The monoisotopic (exact) mass is 375 g/mol. The van der Waals surface area contributed by atoms with Crippen LogP contribution in [-0.2, 0) is 17.8 Å². The number of hydrogen-bond acceptors (Lipinski definition) is 7. The zero-order valence-corrected chi connectivity index (χ0v) is 15.2. The van der Waals surface area contributed by atoms with Crippen LogP contribution in [0.1, 0.15) is 5.56 Å². The topological polar surface area (TPSA) is 101 Å². The van der Waals surface area contributed by atoms with Crippen molar-refractivity contribution >= 4 is 16.8 Å². The predicted octanol–water partition coefficient (Wildman–Crippen LogP) is 1.43. The molecule has 28 heavy (non-hydrogen) atoms. The fourth-order valence-electron chi connectivity index (χ4n) is 3.04. The maximum atomic E-state index is 5.09. The van der Waals surface area contributed by atoms with E-state index in [0.29, 0.717) is 31.0 Å². The van der Waals surface area contributed by atoms with Crippen molar-refractivity contribution in [3.8, 4) is 11.3 Å². The average molecular weight is 375 g/mol. The van der Waals surface area contributed by atoms with Gasteiger partial charge in [-0.1, -0.05) is 5.21 Å². The molecular formula is C18H17N9O. The third-order valence-electron chi connectivity index (χ3n) is 4.48. The molecule has 0 spiro atoms. The first kappa shape index (κ1) is 16.5. The van der Waals surface area contributed by atoms with Crippen LogP contribution in [0.2, 0.25) is 0 Å². The van der Waals surface area contributed by atoms with Gasteiger partial charge in [-0.05, 0) is 23.8 Å². The van der Waals surface area contributed by atoms with Crippen molar-refractivity contribution in [1.29, 1.82) is 0 Å². The molecule has 0 saturated heterocycles. The third kappa shape index (κ3) is 2.99. The van der Waals surface area contributed by atoms with Crippen LogP contribution in [0.25, 0.3) is 28.1 Å². The number of rotatable bonds is 6. The largest absolute Gasteiger partial charge is 0.383 e. The lowest BCUT2D eigenvalue weighted by Crippen LogP contribution is -2.04. The molecule has 5 rings (SSSR count). The van der Waals surface area contributed by atoms with E-state index in [2.05, 4.69) is 31.6 Å². The minimum Gasteiger partial charge on any atom is -0.383 e. The Labute approximate surface area is 159 Å². The Balaban J connectivity index is 1.46. The van der Waals surface area contributed by atoms with Gasteiger partial charge in [0.25, 0.3) is 0 Å². The van der Waals surface area contributed by atoms with Crippen molar-refractivity contribution < 1.29 is 4.74 Å². The van der Waals surface area contributed by atoms with E-state index in [-0.39, 0.29) is 0 Å². The Bertz CT molecular complexity index is 1250. The lowest BCUT2D eigenvalue weighted by Gasteiger charge is -2.04. The first-order valence-corrected chi connectivity index (χ1v) is 8.80. The zero-order valence-electron chi connectivity index (χ0n) is 15.2. The Morgan fingerprint density at radius 2 is 2.11 bits per heavy atom. The van der Waals surface area contributed by atoms with Crippen molar-refractivity contribution in [2.24, 2.45) is 0 Å². The van der Waals surface area contributed by atoms with Crippen LogP contribution in [0.15, 0.2) is 49.2 Å². The van der Waals surface area contributed by atoms with Crippen LogP contribution in [-0.4, -0.2) is 58.1 Å². The van der Waals surface area contributed by atoms with Gasteiger partial charge in [0.1, 0.15) is 0 Å². The highest BCUT2D eigenvalue weighted by molar-refractivity contribution is 5.69. The molecule has 0 fully saturated rings. The van der Waals surface area contributed by atoms with Gasteiger partial charge in [0.15, 0.2) is 5.65 Å². The van der Waals surface area contributed by atoms with Crippen LogP contribution in [0.3, 0.4) is 0 Å². The van der Waals surface area contributed by atoms with Gasteiger partial charge in [-0.25, -0.2) is 19.2 Å². The van der Waals surface area contributed by atoms with Gasteiger partial charge in [0.2, 0.25) is 5.65 Å². The molecule has 0 aliphatic rings. The third-order valence-corrected chi connectivity index (χ3v) is 4.48. The normalized spacial score (nSPS) is 11.6. The first-order valence-electron chi connectivity index (χ1n) is 8.80. The number of fused-ring (bicyclic) bond motifs is 2. The van der Waals surface area contributed by atoms with E-state index >= 15 is 0 Å². The summed E-state index contributed by atoms with van der Waals surface area (Å²) < 4.78 is 10.5. The molecule has 0 amide bonds. The SMILES string of the molecule is COCCn1cc(-c2cnc3nnn(Cc4ccn5nccc5c4)c3n2)cn1. The summed E-state index contributed by atoms with van der Waals surface area (Å²) >= 11 is 0. The molecule has 0 N–H and O–H groups in total. The summed E-state index contributed by atoms with van der Waals surface area (Å²) in [5.41, 5.74) is 4.87. The van der Waals surface area contributed by atoms with Crippen molar-refractivity contribution in [2.45, 2.75) is 13.1 Å². The smallest absolute Gasteiger partial charge is 0.221 e. The van der Waals surface area contributed by atoms with Gasteiger partial charge in [-0.2, -0.15) is 10.2 Å². The highest BCUT2D eigenvalue weighted by Crippen LogP contribution is 2.18. The summed E-state index contributed by atoms with van der Waals surface area (Å²) in [5.74, 6) is 0. The van der Waals surface area contributed by atoms with Gasteiger partial charge in [0.05, 0.1) is 43.3 Å². The second kappa shape index (κ2) is 6.82. The molecule has 0 unspecified atom stereocenters. The molecule has 5 aromatic heterocycles. The summed E-state index contributed by atoms with van der Waals surface area (Å²) in [4.78, 5) is 9.12. The summed E-state index contributed by atoms with van der Waals surface area (Å²) in [7, 11) is 1.67. The van der Waals surface area contributed by atoms with Crippen LogP contribution >= 0.6 is 0 Å². The number of nitrogens with zero attached hydrogens (tertiary/aromatic N) is 9. The van der Waals surface area contributed by atoms with E-state index in [9.17, 15) is 0 Å². The quantitative estimate of drug-likeness (QED) is 0.442. The number of ether oxygens (including phenoxy) is 1. The fraction of sp³-hybridized carbons (Fsp3) is 0.222. The van der Waals surface area contributed by atoms with Gasteiger partial charge >= 0.3 is 0 Å². The molecule has 0 atom stereocenters. The summed E-state index contributed by atoms with van der Waals surface area (Å²) in [6.45, 7) is 1.83. The second-order valence-corrected chi connectivity index (χ2v) is 6.37. The maximum absolute atomic E-state index is 5.09. The highest BCUT2D eigenvalue weighted by atomic mass is 16.5. The van der Waals surface area contributed by atoms with Crippen molar-refractivity contribution in [2.75, 3.05) is 13.7 Å². The Kier molecular flexibility index (Phi) is 4.02. The highest BCUT2D eigenvalue weighted by Gasteiger charge is 2.12. The number of methoxy groups -OCH3 is 1. The molecule has 10 heteroatoms. The first-order chi connectivity index (χ1) is 13.8. The summed E-state index contributed by atoms with van der Waals surface area (Å²) in [6, 6.07) is 6.03. The lowest BCUT2D eigenvalue weighted by molar-refractivity contribution is 0.183. The van der Waals surface area contributed by atoms with Gasteiger partial charge in [-0.3, -0.25) is 4.68 Å². The molecule has 5 aromatic rings. The Hall–Kier alpha value is -3.66. The van der Waals surface area contributed by atoms with Gasteiger partial charge in [-0.15, -0.1) is 5.10 Å². The molecule has 140 valence electrons. The molecule has 0 aromatic carbocycles.